The summed E-state index contributed by atoms with van der Waals surface area (Å²) in [5.74, 6) is 1.46. The molecule has 0 heterocycles. The Balaban J connectivity index is 1.67. The maximum absolute atomic E-state index is 11.7. The Morgan fingerprint density at radius 1 is 0.595 bits per heavy atom. The number of carbonyl (C=O) groups excluding carboxylic acids is 1. The molecule has 0 bridgehead atoms. The molecule has 0 fully saturated rings. The van der Waals surface area contributed by atoms with Gasteiger partial charge in [0.25, 0.3) is 0 Å². The molecule has 1 radical (unpaired) electrons. The SMILES string of the molecule is CCCCCCCCOc1ccc([N+](c2ccc(NC(=O)CCl)cc2)c2ccc(OCCCCCCCC)cc2)cc1. The summed E-state index contributed by atoms with van der Waals surface area (Å²) in [6.07, 6.45) is 15.0. The van der Waals surface area contributed by atoms with Crippen LogP contribution in [0.2, 0.25) is 0 Å². The Morgan fingerprint density at radius 3 is 1.38 bits per heavy atom. The molecule has 0 aliphatic heterocycles. The van der Waals surface area contributed by atoms with Gasteiger partial charge in [0.15, 0.2) is 17.1 Å². The molecule has 3 rings (SSSR count). The highest BCUT2D eigenvalue weighted by Crippen LogP contribution is 2.36. The molecule has 3 aromatic rings. The fourth-order valence-corrected chi connectivity index (χ4v) is 4.93. The van der Waals surface area contributed by atoms with Gasteiger partial charge in [0.05, 0.1) is 13.2 Å². The first kappa shape index (κ1) is 33.5. The lowest BCUT2D eigenvalue weighted by atomic mass is 10.1. The molecular weight excluding hydrogens is 544 g/mol. The average molecular weight is 593 g/mol. The van der Waals surface area contributed by atoms with Gasteiger partial charge in [0, 0.05) is 42.1 Å². The molecule has 0 aliphatic carbocycles. The van der Waals surface area contributed by atoms with Crippen LogP contribution in [-0.4, -0.2) is 25.0 Å². The standard InChI is InChI=1S/C36H49ClN2O3/c1-3-5-7-9-11-13-27-41-34-23-19-32(20-24-34)39(31-17-15-30(16-18-31)38-36(40)29-37)33-21-25-35(26-22-33)42-28-14-12-10-8-6-4-2/h15-26H,3-14,27-29H2,1-2H3,(H,38,40)/q+1. The van der Waals surface area contributed by atoms with Crippen molar-refractivity contribution in [2.45, 2.75) is 90.9 Å². The second-order valence-corrected chi connectivity index (χ2v) is 11.1. The Kier molecular flexibility index (Phi) is 15.9. The molecule has 1 N–H and O–H groups in total. The molecule has 0 unspecified atom stereocenters. The third kappa shape index (κ3) is 12.1. The Bertz CT molecular complexity index is 1070. The zero-order chi connectivity index (χ0) is 29.8. The van der Waals surface area contributed by atoms with E-state index in [1.54, 1.807) is 0 Å². The van der Waals surface area contributed by atoms with Crippen molar-refractivity contribution in [3.05, 3.63) is 72.8 Å². The van der Waals surface area contributed by atoms with E-state index in [0.29, 0.717) is 5.69 Å². The van der Waals surface area contributed by atoms with E-state index in [-0.39, 0.29) is 11.8 Å². The molecule has 227 valence electrons. The molecule has 0 saturated carbocycles. The van der Waals surface area contributed by atoms with Crippen molar-refractivity contribution in [1.82, 2.24) is 4.90 Å². The summed E-state index contributed by atoms with van der Waals surface area (Å²) < 4.78 is 12.1. The number of hydrogen-bond donors (Lipinski definition) is 1. The zero-order valence-electron chi connectivity index (χ0n) is 25.6. The van der Waals surface area contributed by atoms with E-state index in [4.69, 9.17) is 21.1 Å². The summed E-state index contributed by atoms with van der Waals surface area (Å²) in [6.45, 7) is 5.97. The number of hydrogen-bond acceptors (Lipinski definition) is 4. The van der Waals surface area contributed by atoms with Crippen LogP contribution >= 0.6 is 11.6 Å². The minimum Gasteiger partial charge on any atom is -0.494 e. The van der Waals surface area contributed by atoms with Crippen molar-refractivity contribution in [3.8, 4) is 11.5 Å². The first-order valence-electron chi connectivity index (χ1n) is 15.9. The van der Waals surface area contributed by atoms with E-state index in [1.807, 2.05) is 48.5 Å². The number of unbranched alkanes of at least 4 members (excludes halogenated alkanes) is 10. The zero-order valence-corrected chi connectivity index (χ0v) is 26.3. The summed E-state index contributed by atoms with van der Waals surface area (Å²) in [7, 11) is 0. The highest BCUT2D eigenvalue weighted by atomic mass is 35.5. The van der Waals surface area contributed by atoms with Gasteiger partial charge >= 0.3 is 0 Å². The normalized spacial score (nSPS) is 11.0. The smallest absolute Gasteiger partial charge is 0.239 e. The molecule has 0 atom stereocenters. The molecule has 5 nitrogen and oxygen atoms in total. The number of benzene rings is 3. The summed E-state index contributed by atoms with van der Waals surface area (Å²) >= 11 is 5.66. The van der Waals surface area contributed by atoms with Gasteiger partial charge in [-0.05, 0) is 49.2 Å². The van der Waals surface area contributed by atoms with E-state index < -0.39 is 0 Å². The quantitative estimate of drug-likeness (QED) is 0.0760. The van der Waals surface area contributed by atoms with Gasteiger partial charge in [-0.1, -0.05) is 83.0 Å². The van der Waals surface area contributed by atoms with Crippen LogP contribution in [0.3, 0.4) is 0 Å². The van der Waals surface area contributed by atoms with E-state index in [0.717, 1.165) is 54.6 Å². The van der Waals surface area contributed by atoms with E-state index in [2.05, 4.69) is 48.3 Å². The Labute approximate surface area is 258 Å². The monoisotopic (exact) mass is 592 g/mol. The van der Waals surface area contributed by atoms with Crippen LogP contribution in [0.1, 0.15) is 90.9 Å². The molecule has 0 aliphatic rings. The van der Waals surface area contributed by atoms with Crippen LogP contribution in [0.15, 0.2) is 72.8 Å². The van der Waals surface area contributed by atoms with Gasteiger partial charge in [-0.15, -0.1) is 11.6 Å². The third-order valence-electron chi connectivity index (χ3n) is 7.25. The van der Waals surface area contributed by atoms with Crippen LogP contribution in [0.25, 0.3) is 0 Å². The van der Waals surface area contributed by atoms with Gasteiger partial charge in [-0.3, -0.25) is 4.79 Å². The average Bonchev–Trinajstić information content (AvgIpc) is 3.02. The largest absolute Gasteiger partial charge is 0.494 e. The van der Waals surface area contributed by atoms with E-state index in [1.165, 1.54) is 64.2 Å². The van der Waals surface area contributed by atoms with Crippen molar-refractivity contribution >= 4 is 40.3 Å². The van der Waals surface area contributed by atoms with Crippen LogP contribution < -0.4 is 19.7 Å². The van der Waals surface area contributed by atoms with Crippen molar-refractivity contribution in [3.63, 3.8) is 0 Å². The van der Waals surface area contributed by atoms with Crippen molar-refractivity contribution in [2.75, 3.05) is 24.4 Å². The Hall–Kier alpha value is -3.02. The first-order valence-corrected chi connectivity index (χ1v) is 16.4. The summed E-state index contributed by atoms with van der Waals surface area (Å²) in [4.78, 5) is 13.9. The summed E-state index contributed by atoms with van der Waals surface area (Å²) in [5, 5.41) is 2.81. The number of nitrogens with zero attached hydrogens (tertiary/aromatic N) is 1. The van der Waals surface area contributed by atoms with Gasteiger partial charge < -0.3 is 14.8 Å². The maximum Gasteiger partial charge on any atom is 0.239 e. The van der Waals surface area contributed by atoms with E-state index in [9.17, 15) is 4.79 Å². The number of halogens is 1. The number of alkyl halides is 1. The predicted octanol–water partition coefficient (Wildman–Crippen LogP) is 10.8. The Morgan fingerprint density at radius 2 is 0.976 bits per heavy atom. The number of anilines is 4. The molecule has 6 heteroatoms. The lowest BCUT2D eigenvalue weighted by molar-refractivity contribution is -0.113. The van der Waals surface area contributed by atoms with Gasteiger partial charge in [0.2, 0.25) is 5.91 Å². The fourth-order valence-electron chi connectivity index (χ4n) is 4.86. The second kappa shape index (κ2) is 20.0. The third-order valence-corrected chi connectivity index (χ3v) is 7.50. The molecule has 0 aromatic heterocycles. The van der Waals surface area contributed by atoms with Gasteiger partial charge in [0.1, 0.15) is 17.4 Å². The summed E-state index contributed by atoms with van der Waals surface area (Å²) in [5.41, 5.74) is 3.71. The highest BCUT2D eigenvalue weighted by Gasteiger charge is 2.26. The molecular formula is C36H49ClN2O3+. The molecule has 0 spiro atoms. The van der Waals surface area contributed by atoms with Crippen molar-refractivity contribution in [1.29, 1.82) is 0 Å². The fraction of sp³-hybridized carbons (Fsp3) is 0.472. The van der Waals surface area contributed by atoms with Crippen LogP contribution in [0.4, 0.5) is 22.7 Å². The first-order chi connectivity index (χ1) is 20.6. The molecule has 42 heavy (non-hydrogen) atoms. The predicted molar refractivity (Wildman–Crippen MR) is 178 cm³/mol. The summed E-state index contributed by atoms with van der Waals surface area (Å²) in [6, 6.07) is 24.3. The van der Waals surface area contributed by atoms with Crippen LogP contribution in [0.5, 0.6) is 11.5 Å². The number of nitrogens with one attached hydrogen (secondary N) is 1. The minimum absolute atomic E-state index is 0.0750. The number of amides is 1. The van der Waals surface area contributed by atoms with Crippen LogP contribution in [-0.2, 0) is 4.79 Å². The van der Waals surface area contributed by atoms with Gasteiger partial charge in [-0.2, -0.15) is 0 Å². The lowest BCUT2D eigenvalue weighted by Crippen LogP contribution is -2.14. The topological polar surface area (TPSA) is 53.5 Å². The van der Waals surface area contributed by atoms with E-state index >= 15 is 0 Å². The lowest BCUT2D eigenvalue weighted by Gasteiger charge is -2.13. The second-order valence-electron chi connectivity index (χ2n) is 10.8. The molecule has 3 aromatic carbocycles. The van der Waals surface area contributed by atoms with Crippen molar-refractivity contribution < 1.29 is 14.3 Å². The molecule has 0 saturated heterocycles. The molecule has 1 amide bonds. The number of carbonyl (C=O) groups is 1. The highest BCUT2D eigenvalue weighted by molar-refractivity contribution is 6.29. The number of rotatable bonds is 21. The minimum atomic E-state index is -0.227. The van der Waals surface area contributed by atoms with Crippen LogP contribution in [0, 0.1) is 0 Å². The number of ether oxygens (including phenoxy) is 2. The van der Waals surface area contributed by atoms with Gasteiger partial charge in [-0.25, -0.2) is 0 Å². The van der Waals surface area contributed by atoms with Crippen molar-refractivity contribution in [2.24, 2.45) is 0 Å². The maximum atomic E-state index is 11.7.